The number of hydrogen-bond acceptors (Lipinski definition) is 2. The molecule has 0 aliphatic rings. The zero-order chi connectivity index (χ0) is 13.1. The van der Waals surface area contributed by atoms with E-state index < -0.39 is 0 Å². The summed E-state index contributed by atoms with van der Waals surface area (Å²) in [6.45, 7) is 0. The maximum atomic E-state index is 12.8. The first-order valence-electron chi connectivity index (χ1n) is 5.25. The van der Waals surface area contributed by atoms with Crippen LogP contribution in [-0.2, 0) is 0 Å². The van der Waals surface area contributed by atoms with Crippen molar-refractivity contribution in [3.8, 4) is 5.75 Å². The van der Waals surface area contributed by atoms with Crippen molar-refractivity contribution in [2.45, 2.75) is 0 Å². The molecule has 0 saturated carbocycles. The van der Waals surface area contributed by atoms with Crippen molar-refractivity contribution in [3.05, 3.63) is 63.0 Å². The Hall–Kier alpha value is -1.43. The zero-order valence-electron chi connectivity index (χ0n) is 9.61. The molecule has 4 heteroatoms. The summed E-state index contributed by atoms with van der Waals surface area (Å²) >= 11 is 2.13. The molecule has 18 heavy (non-hydrogen) atoms. The summed E-state index contributed by atoms with van der Waals surface area (Å²) in [6, 6.07) is 10.8. The van der Waals surface area contributed by atoms with Crippen LogP contribution in [0.25, 0.3) is 0 Å². The lowest BCUT2D eigenvalue weighted by Gasteiger charge is -2.08. The van der Waals surface area contributed by atoms with Gasteiger partial charge in [0.1, 0.15) is 11.6 Å². The van der Waals surface area contributed by atoms with Gasteiger partial charge in [-0.05, 0) is 65.1 Å². The highest BCUT2D eigenvalue weighted by Gasteiger charge is 2.14. The Balaban J connectivity index is 2.45. The highest BCUT2D eigenvalue weighted by atomic mass is 127. The largest absolute Gasteiger partial charge is 0.496 e. The molecule has 92 valence electrons. The second-order valence-corrected chi connectivity index (χ2v) is 4.93. The molecule has 0 aromatic heterocycles. The summed E-state index contributed by atoms with van der Waals surface area (Å²) in [5.74, 6) is -0.0173. The normalized spacial score (nSPS) is 10.2. The summed E-state index contributed by atoms with van der Waals surface area (Å²) in [5.41, 5.74) is 0.924. The number of ether oxygens (including phenoxy) is 1. The molecule has 0 fully saturated rings. The van der Waals surface area contributed by atoms with Crippen molar-refractivity contribution in [3.63, 3.8) is 0 Å². The van der Waals surface area contributed by atoms with Crippen LogP contribution in [0.4, 0.5) is 4.39 Å². The Bertz CT molecular complexity index is 579. The summed E-state index contributed by atoms with van der Waals surface area (Å²) < 4.78 is 18.9. The van der Waals surface area contributed by atoms with E-state index >= 15 is 0 Å². The Morgan fingerprint density at radius 1 is 1.17 bits per heavy atom. The van der Waals surface area contributed by atoms with Crippen LogP contribution in [0, 0.1) is 9.39 Å². The number of rotatable bonds is 3. The highest BCUT2D eigenvalue weighted by molar-refractivity contribution is 14.1. The van der Waals surface area contributed by atoms with Crippen molar-refractivity contribution in [1.29, 1.82) is 0 Å². The summed E-state index contributed by atoms with van der Waals surface area (Å²) in [6.07, 6.45) is 0. The van der Waals surface area contributed by atoms with Gasteiger partial charge in [-0.25, -0.2) is 4.39 Å². The molecule has 0 spiro atoms. The third-order valence-electron chi connectivity index (χ3n) is 2.51. The topological polar surface area (TPSA) is 26.3 Å². The van der Waals surface area contributed by atoms with E-state index in [1.54, 1.807) is 12.1 Å². The Morgan fingerprint density at radius 2 is 1.83 bits per heavy atom. The molecule has 0 atom stereocenters. The van der Waals surface area contributed by atoms with Crippen molar-refractivity contribution in [2.75, 3.05) is 7.11 Å². The van der Waals surface area contributed by atoms with Gasteiger partial charge in [-0.15, -0.1) is 0 Å². The highest BCUT2D eigenvalue weighted by Crippen LogP contribution is 2.24. The Labute approximate surface area is 118 Å². The van der Waals surface area contributed by atoms with E-state index in [0.29, 0.717) is 16.9 Å². The average molecular weight is 356 g/mol. The average Bonchev–Trinajstić information content (AvgIpc) is 2.39. The summed E-state index contributed by atoms with van der Waals surface area (Å²) in [5, 5.41) is 0. The van der Waals surface area contributed by atoms with Crippen LogP contribution in [0.1, 0.15) is 15.9 Å². The van der Waals surface area contributed by atoms with Crippen LogP contribution in [0.5, 0.6) is 5.75 Å². The first-order valence-corrected chi connectivity index (χ1v) is 6.33. The van der Waals surface area contributed by atoms with E-state index in [1.165, 1.54) is 31.4 Å². The zero-order valence-corrected chi connectivity index (χ0v) is 11.8. The van der Waals surface area contributed by atoms with Crippen LogP contribution in [-0.4, -0.2) is 12.9 Å². The molecule has 2 nitrogen and oxygen atoms in total. The minimum Gasteiger partial charge on any atom is -0.496 e. The number of benzene rings is 2. The molecule has 0 N–H and O–H groups in total. The number of carbonyl (C=O) groups excluding carboxylic acids is 1. The first-order chi connectivity index (χ1) is 8.61. The van der Waals surface area contributed by atoms with Gasteiger partial charge in [0.25, 0.3) is 0 Å². The predicted octanol–water partition coefficient (Wildman–Crippen LogP) is 3.67. The number of hydrogen-bond donors (Lipinski definition) is 0. The van der Waals surface area contributed by atoms with E-state index in [2.05, 4.69) is 22.6 Å². The molecule has 0 heterocycles. The van der Waals surface area contributed by atoms with Gasteiger partial charge in [0.2, 0.25) is 0 Å². The Morgan fingerprint density at radius 3 is 2.44 bits per heavy atom. The molecule has 0 bridgehead atoms. The van der Waals surface area contributed by atoms with Gasteiger partial charge in [0.15, 0.2) is 5.78 Å². The monoisotopic (exact) mass is 356 g/mol. The van der Waals surface area contributed by atoms with Crippen LogP contribution in [0.2, 0.25) is 0 Å². The minimum atomic E-state index is -0.360. The van der Waals surface area contributed by atoms with Gasteiger partial charge < -0.3 is 4.74 Å². The molecular weight excluding hydrogens is 346 g/mol. The van der Waals surface area contributed by atoms with Crippen molar-refractivity contribution >= 4 is 28.4 Å². The molecule has 2 aromatic carbocycles. The fraction of sp³-hybridized carbons (Fsp3) is 0.0714. The van der Waals surface area contributed by atoms with Gasteiger partial charge in [-0.1, -0.05) is 0 Å². The molecular formula is C14H10FIO2. The quantitative estimate of drug-likeness (QED) is 0.620. The van der Waals surface area contributed by atoms with E-state index in [1.807, 2.05) is 6.07 Å². The van der Waals surface area contributed by atoms with Crippen molar-refractivity contribution < 1.29 is 13.9 Å². The van der Waals surface area contributed by atoms with Gasteiger partial charge in [-0.3, -0.25) is 4.79 Å². The van der Waals surface area contributed by atoms with E-state index in [4.69, 9.17) is 4.74 Å². The minimum absolute atomic E-state index is 0.176. The molecule has 0 amide bonds. The molecule has 0 saturated heterocycles. The fourth-order valence-corrected chi connectivity index (χ4v) is 2.11. The molecule has 2 aromatic rings. The number of methoxy groups -OCH3 is 1. The molecule has 0 unspecified atom stereocenters. The molecule has 0 aliphatic carbocycles. The lowest BCUT2D eigenvalue weighted by Crippen LogP contribution is -2.04. The summed E-state index contributed by atoms with van der Waals surface area (Å²) in [4.78, 5) is 12.3. The Kier molecular flexibility index (Phi) is 3.96. The lowest BCUT2D eigenvalue weighted by atomic mass is 10.0. The standard InChI is InChI=1S/C14H10FIO2/c1-18-13-7-6-11(16)8-12(13)14(17)9-2-4-10(15)5-3-9/h2-8H,1H3. The fourth-order valence-electron chi connectivity index (χ4n) is 1.61. The van der Waals surface area contributed by atoms with Crippen LogP contribution < -0.4 is 4.74 Å². The SMILES string of the molecule is COc1ccc(I)cc1C(=O)c1ccc(F)cc1. The molecule has 2 rings (SSSR count). The lowest BCUT2D eigenvalue weighted by molar-refractivity contribution is 0.103. The van der Waals surface area contributed by atoms with E-state index in [0.717, 1.165) is 3.57 Å². The van der Waals surface area contributed by atoms with Crippen molar-refractivity contribution in [1.82, 2.24) is 0 Å². The van der Waals surface area contributed by atoms with Crippen LogP contribution >= 0.6 is 22.6 Å². The van der Waals surface area contributed by atoms with Gasteiger partial charge >= 0.3 is 0 Å². The third kappa shape index (κ3) is 2.69. The van der Waals surface area contributed by atoms with Crippen LogP contribution in [0.3, 0.4) is 0 Å². The molecule has 0 radical (unpaired) electrons. The first kappa shape index (κ1) is 13.0. The summed E-state index contributed by atoms with van der Waals surface area (Å²) in [7, 11) is 1.52. The van der Waals surface area contributed by atoms with Crippen molar-refractivity contribution in [2.24, 2.45) is 0 Å². The smallest absolute Gasteiger partial charge is 0.196 e. The van der Waals surface area contributed by atoms with Gasteiger partial charge in [-0.2, -0.15) is 0 Å². The van der Waals surface area contributed by atoms with E-state index in [-0.39, 0.29) is 11.6 Å². The maximum absolute atomic E-state index is 12.8. The van der Waals surface area contributed by atoms with E-state index in [9.17, 15) is 9.18 Å². The number of ketones is 1. The number of halogens is 2. The van der Waals surface area contributed by atoms with Crippen LogP contribution in [0.15, 0.2) is 42.5 Å². The second-order valence-electron chi connectivity index (χ2n) is 3.68. The second kappa shape index (κ2) is 5.48. The predicted molar refractivity (Wildman–Crippen MR) is 75.5 cm³/mol. The third-order valence-corrected chi connectivity index (χ3v) is 3.18. The molecule has 0 aliphatic heterocycles. The maximum Gasteiger partial charge on any atom is 0.196 e. The number of carbonyl (C=O) groups is 1. The van der Waals surface area contributed by atoms with Gasteiger partial charge in [0, 0.05) is 9.13 Å². The van der Waals surface area contributed by atoms with Gasteiger partial charge in [0.05, 0.1) is 12.7 Å².